The first-order valence-electron chi connectivity index (χ1n) is 6.69. The maximum absolute atomic E-state index is 12.3. The third-order valence-electron chi connectivity index (χ3n) is 3.22. The van der Waals surface area contributed by atoms with Crippen molar-refractivity contribution in [3.8, 4) is 0 Å². The zero-order chi connectivity index (χ0) is 15.0. The summed E-state index contributed by atoms with van der Waals surface area (Å²) >= 11 is 1.43. The van der Waals surface area contributed by atoms with E-state index in [0.29, 0.717) is 16.3 Å². The quantitative estimate of drug-likeness (QED) is 0.761. The predicted octanol–water partition coefficient (Wildman–Crippen LogP) is 4.44. The minimum Gasteiger partial charge on any atom is -0.463 e. The van der Waals surface area contributed by atoms with Gasteiger partial charge >= 0.3 is 0 Å². The van der Waals surface area contributed by atoms with Crippen LogP contribution in [0.3, 0.4) is 0 Å². The number of anilines is 1. The molecule has 0 radical (unpaired) electrons. The highest BCUT2D eigenvalue weighted by molar-refractivity contribution is 7.14. The SMILES string of the molecule is CC(C)(C)c1csc(NC(=O)c2coc3ccccc23)n1. The van der Waals surface area contributed by atoms with Crippen LogP contribution in [-0.2, 0) is 5.41 Å². The molecule has 0 aliphatic rings. The monoisotopic (exact) mass is 300 g/mol. The first kappa shape index (κ1) is 13.8. The molecule has 0 spiro atoms. The molecule has 2 heterocycles. The van der Waals surface area contributed by atoms with Crippen molar-refractivity contribution in [3.05, 3.63) is 47.2 Å². The largest absolute Gasteiger partial charge is 0.463 e. The normalized spacial score (nSPS) is 11.8. The number of fused-ring (bicyclic) bond motifs is 1. The van der Waals surface area contributed by atoms with Gasteiger partial charge in [0.05, 0.1) is 11.3 Å². The third-order valence-corrected chi connectivity index (χ3v) is 3.98. The average molecular weight is 300 g/mol. The van der Waals surface area contributed by atoms with Crippen LogP contribution in [0.15, 0.2) is 40.3 Å². The van der Waals surface area contributed by atoms with Crippen molar-refractivity contribution < 1.29 is 9.21 Å². The molecule has 3 aromatic rings. The highest BCUT2D eigenvalue weighted by Crippen LogP contribution is 2.27. The standard InChI is InChI=1S/C16H16N2O2S/c1-16(2,3)13-9-21-15(17-13)18-14(19)11-8-20-12-7-5-4-6-10(11)12/h4-9H,1-3H3,(H,17,18,19). The number of para-hydroxylation sites is 1. The number of nitrogens with one attached hydrogen (secondary N) is 1. The maximum atomic E-state index is 12.3. The molecule has 2 aromatic heterocycles. The number of furan rings is 1. The lowest BCUT2D eigenvalue weighted by Gasteiger charge is -2.14. The molecule has 3 rings (SSSR count). The topological polar surface area (TPSA) is 55.1 Å². The zero-order valence-corrected chi connectivity index (χ0v) is 13.0. The fourth-order valence-electron chi connectivity index (χ4n) is 1.99. The number of carbonyl (C=O) groups excluding carboxylic acids is 1. The van der Waals surface area contributed by atoms with Gasteiger partial charge < -0.3 is 4.42 Å². The van der Waals surface area contributed by atoms with Gasteiger partial charge in [-0.3, -0.25) is 10.1 Å². The fraction of sp³-hybridized carbons (Fsp3) is 0.250. The van der Waals surface area contributed by atoms with Crippen LogP contribution in [0.5, 0.6) is 0 Å². The zero-order valence-electron chi connectivity index (χ0n) is 12.1. The third kappa shape index (κ3) is 2.69. The van der Waals surface area contributed by atoms with Gasteiger partial charge in [0.2, 0.25) is 0 Å². The molecule has 0 saturated heterocycles. The van der Waals surface area contributed by atoms with E-state index in [0.717, 1.165) is 11.1 Å². The molecule has 21 heavy (non-hydrogen) atoms. The molecular formula is C16H16N2O2S. The van der Waals surface area contributed by atoms with Gasteiger partial charge in [0.1, 0.15) is 11.8 Å². The molecule has 1 N–H and O–H groups in total. The van der Waals surface area contributed by atoms with Crippen molar-refractivity contribution in [1.29, 1.82) is 0 Å². The molecule has 1 amide bonds. The number of nitrogens with zero attached hydrogens (tertiary/aromatic N) is 1. The van der Waals surface area contributed by atoms with Gasteiger partial charge in [-0.2, -0.15) is 0 Å². The number of hydrogen-bond donors (Lipinski definition) is 1. The summed E-state index contributed by atoms with van der Waals surface area (Å²) in [5.41, 5.74) is 2.18. The van der Waals surface area contributed by atoms with E-state index >= 15 is 0 Å². The van der Waals surface area contributed by atoms with Crippen LogP contribution >= 0.6 is 11.3 Å². The van der Waals surface area contributed by atoms with Crippen LogP contribution in [0.2, 0.25) is 0 Å². The first-order chi connectivity index (χ1) is 9.95. The first-order valence-corrected chi connectivity index (χ1v) is 7.57. The van der Waals surface area contributed by atoms with E-state index in [9.17, 15) is 4.79 Å². The van der Waals surface area contributed by atoms with E-state index in [1.807, 2.05) is 29.6 Å². The number of aromatic nitrogens is 1. The van der Waals surface area contributed by atoms with Crippen molar-refractivity contribution in [1.82, 2.24) is 4.98 Å². The highest BCUT2D eigenvalue weighted by Gasteiger charge is 2.19. The van der Waals surface area contributed by atoms with Crippen LogP contribution in [0.4, 0.5) is 5.13 Å². The van der Waals surface area contributed by atoms with Gasteiger partial charge in [-0.05, 0) is 6.07 Å². The molecular weight excluding hydrogens is 284 g/mol. The molecule has 108 valence electrons. The molecule has 0 fully saturated rings. The lowest BCUT2D eigenvalue weighted by atomic mass is 9.93. The molecule has 0 bridgehead atoms. The summed E-state index contributed by atoms with van der Waals surface area (Å²) in [6.07, 6.45) is 1.48. The lowest BCUT2D eigenvalue weighted by Crippen LogP contribution is -2.14. The van der Waals surface area contributed by atoms with E-state index in [1.54, 1.807) is 0 Å². The Labute approximate surface area is 126 Å². The summed E-state index contributed by atoms with van der Waals surface area (Å²) in [5, 5.41) is 6.23. The second-order valence-corrected chi connectivity index (χ2v) is 6.75. The van der Waals surface area contributed by atoms with Crippen LogP contribution in [-0.4, -0.2) is 10.9 Å². The van der Waals surface area contributed by atoms with Crippen LogP contribution in [0.25, 0.3) is 11.0 Å². The fourth-order valence-corrected chi connectivity index (χ4v) is 2.93. The molecule has 0 unspecified atom stereocenters. The van der Waals surface area contributed by atoms with Crippen molar-refractivity contribution in [3.63, 3.8) is 0 Å². The Hall–Kier alpha value is -2.14. The molecule has 0 aliphatic carbocycles. The second kappa shape index (κ2) is 5.00. The van der Waals surface area contributed by atoms with Gasteiger partial charge in [0.15, 0.2) is 5.13 Å². The van der Waals surface area contributed by atoms with E-state index < -0.39 is 0 Å². The minimum absolute atomic E-state index is 0.0260. The number of carbonyl (C=O) groups is 1. The van der Waals surface area contributed by atoms with Crippen LogP contribution in [0, 0.1) is 0 Å². The molecule has 5 heteroatoms. The van der Waals surface area contributed by atoms with Gasteiger partial charge in [-0.1, -0.05) is 39.0 Å². The smallest absolute Gasteiger partial charge is 0.261 e. The summed E-state index contributed by atoms with van der Waals surface area (Å²) in [5.74, 6) is -0.199. The lowest BCUT2D eigenvalue weighted by molar-refractivity contribution is 0.102. The molecule has 0 aliphatic heterocycles. The van der Waals surface area contributed by atoms with Gasteiger partial charge in [-0.15, -0.1) is 11.3 Å². The van der Waals surface area contributed by atoms with E-state index in [-0.39, 0.29) is 11.3 Å². The second-order valence-electron chi connectivity index (χ2n) is 5.89. The molecule has 1 aromatic carbocycles. The maximum Gasteiger partial charge on any atom is 0.261 e. The number of amides is 1. The van der Waals surface area contributed by atoms with Gasteiger partial charge in [0, 0.05) is 16.2 Å². The molecule has 0 saturated carbocycles. The van der Waals surface area contributed by atoms with E-state index in [4.69, 9.17) is 4.42 Å². The van der Waals surface area contributed by atoms with Crippen molar-refractivity contribution in [2.24, 2.45) is 0 Å². The van der Waals surface area contributed by atoms with Crippen molar-refractivity contribution in [2.45, 2.75) is 26.2 Å². The van der Waals surface area contributed by atoms with Crippen molar-refractivity contribution in [2.75, 3.05) is 5.32 Å². The number of rotatable bonds is 2. The predicted molar refractivity (Wildman–Crippen MR) is 85.0 cm³/mol. The Balaban J connectivity index is 1.85. The Morgan fingerprint density at radius 1 is 1.29 bits per heavy atom. The average Bonchev–Trinajstić information content (AvgIpc) is 3.03. The van der Waals surface area contributed by atoms with Gasteiger partial charge in [-0.25, -0.2) is 4.98 Å². The van der Waals surface area contributed by atoms with Gasteiger partial charge in [0.25, 0.3) is 5.91 Å². The number of hydrogen-bond acceptors (Lipinski definition) is 4. The Bertz CT molecular complexity index is 796. The molecule has 0 atom stereocenters. The van der Waals surface area contributed by atoms with Crippen LogP contribution in [0.1, 0.15) is 36.8 Å². The summed E-state index contributed by atoms with van der Waals surface area (Å²) in [6.45, 7) is 6.28. The van der Waals surface area contributed by atoms with E-state index in [1.165, 1.54) is 17.6 Å². The highest BCUT2D eigenvalue weighted by atomic mass is 32.1. The van der Waals surface area contributed by atoms with Crippen molar-refractivity contribution >= 4 is 33.3 Å². The summed E-state index contributed by atoms with van der Waals surface area (Å²) in [4.78, 5) is 16.8. The summed E-state index contributed by atoms with van der Waals surface area (Å²) < 4.78 is 5.39. The van der Waals surface area contributed by atoms with Crippen LogP contribution < -0.4 is 5.32 Å². The number of benzene rings is 1. The van der Waals surface area contributed by atoms with E-state index in [2.05, 4.69) is 31.1 Å². The summed E-state index contributed by atoms with van der Waals surface area (Å²) in [6, 6.07) is 7.48. The Morgan fingerprint density at radius 3 is 2.76 bits per heavy atom. The molecule has 4 nitrogen and oxygen atoms in total. The summed E-state index contributed by atoms with van der Waals surface area (Å²) in [7, 11) is 0. The Kier molecular flexibility index (Phi) is 3.29. The number of thiazole rings is 1. The minimum atomic E-state index is -0.199. The Morgan fingerprint density at radius 2 is 2.05 bits per heavy atom.